The van der Waals surface area contributed by atoms with E-state index in [-0.39, 0.29) is 18.4 Å². The minimum Gasteiger partial charge on any atom is -0.389 e. The molecule has 1 aromatic carbocycles. The Kier molecular flexibility index (Phi) is 5.33. The van der Waals surface area contributed by atoms with Crippen molar-refractivity contribution < 1.29 is 14.7 Å². The third-order valence-corrected chi connectivity index (χ3v) is 4.61. The van der Waals surface area contributed by atoms with Crippen LogP contribution in [0, 0.1) is 0 Å². The van der Waals surface area contributed by atoms with Gasteiger partial charge in [-0.25, -0.2) is 0 Å². The van der Waals surface area contributed by atoms with Gasteiger partial charge in [0.15, 0.2) is 0 Å². The topological polar surface area (TPSA) is 60.9 Å². The summed E-state index contributed by atoms with van der Waals surface area (Å²) in [6, 6.07) is 9.08. The molecule has 2 rings (SSSR count). The molecule has 1 unspecified atom stereocenters. The van der Waals surface area contributed by atoms with Gasteiger partial charge in [-0.15, -0.1) is 0 Å². The summed E-state index contributed by atoms with van der Waals surface area (Å²) in [5.74, 6) is -0.197. The molecule has 2 amide bonds. The molecule has 1 fully saturated rings. The van der Waals surface area contributed by atoms with Crippen LogP contribution in [-0.2, 0) is 4.79 Å². The summed E-state index contributed by atoms with van der Waals surface area (Å²) in [5, 5.41) is 10.1. The fourth-order valence-electron chi connectivity index (χ4n) is 3.38. The van der Waals surface area contributed by atoms with E-state index in [1.165, 1.54) is 0 Å². The molecule has 1 atom stereocenters. The molecule has 0 bridgehead atoms. The Balaban J connectivity index is 2.25. The van der Waals surface area contributed by atoms with Crippen molar-refractivity contribution in [1.82, 2.24) is 9.80 Å². The highest BCUT2D eigenvalue weighted by atomic mass is 16.3. The van der Waals surface area contributed by atoms with E-state index < -0.39 is 11.1 Å². The molecule has 1 aliphatic rings. The average molecular weight is 332 g/mol. The Labute approximate surface area is 144 Å². The van der Waals surface area contributed by atoms with E-state index in [0.29, 0.717) is 25.1 Å². The highest BCUT2D eigenvalue weighted by molar-refractivity contribution is 5.99. The maximum Gasteiger partial charge on any atom is 0.254 e. The molecule has 0 aliphatic carbocycles. The molecule has 132 valence electrons. The Morgan fingerprint density at radius 2 is 1.92 bits per heavy atom. The van der Waals surface area contributed by atoms with Crippen molar-refractivity contribution in [2.24, 2.45) is 0 Å². The first-order valence-electron chi connectivity index (χ1n) is 8.58. The second kappa shape index (κ2) is 6.93. The number of benzene rings is 1. The van der Waals surface area contributed by atoms with Crippen LogP contribution in [0.15, 0.2) is 30.3 Å². The van der Waals surface area contributed by atoms with Crippen molar-refractivity contribution in [3.63, 3.8) is 0 Å². The normalized spacial score (nSPS) is 21.0. The number of carbonyl (C=O) groups is 2. The lowest BCUT2D eigenvalue weighted by Gasteiger charge is -2.39. The lowest BCUT2D eigenvalue weighted by molar-refractivity contribution is -0.143. The summed E-state index contributed by atoms with van der Waals surface area (Å²) in [6.45, 7) is 8.45. The molecule has 1 heterocycles. The van der Waals surface area contributed by atoms with Crippen LogP contribution < -0.4 is 0 Å². The van der Waals surface area contributed by atoms with Crippen LogP contribution in [0.4, 0.5) is 0 Å². The largest absolute Gasteiger partial charge is 0.389 e. The molecule has 1 N–H and O–H groups in total. The Morgan fingerprint density at radius 1 is 1.29 bits per heavy atom. The number of nitrogens with zero attached hydrogens (tertiary/aromatic N) is 2. The summed E-state index contributed by atoms with van der Waals surface area (Å²) >= 11 is 0. The summed E-state index contributed by atoms with van der Waals surface area (Å²) < 4.78 is 0. The SMILES string of the molecule is CCN(CC(C)(C)O)C(=O)C1(C)CCCN1C(=O)c1ccccc1. The van der Waals surface area contributed by atoms with Crippen molar-refractivity contribution in [2.45, 2.75) is 51.7 Å². The van der Waals surface area contributed by atoms with Crippen molar-refractivity contribution in [3.8, 4) is 0 Å². The molecular weight excluding hydrogens is 304 g/mol. The number of carbonyl (C=O) groups excluding carboxylic acids is 2. The Morgan fingerprint density at radius 3 is 2.46 bits per heavy atom. The van der Waals surface area contributed by atoms with E-state index in [2.05, 4.69) is 0 Å². The van der Waals surface area contributed by atoms with Crippen molar-refractivity contribution in [3.05, 3.63) is 35.9 Å². The van der Waals surface area contributed by atoms with Crippen LogP contribution in [0.2, 0.25) is 0 Å². The van der Waals surface area contributed by atoms with E-state index in [1.54, 1.807) is 35.8 Å². The fraction of sp³-hybridized carbons (Fsp3) is 0.579. The first-order valence-corrected chi connectivity index (χ1v) is 8.58. The van der Waals surface area contributed by atoms with Crippen LogP contribution in [-0.4, -0.2) is 57.5 Å². The van der Waals surface area contributed by atoms with E-state index in [9.17, 15) is 14.7 Å². The number of aliphatic hydroxyl groups is 1. The van der Waals surface area contributed by atoms with Crippen LogP contribution in [0.25, 0.3) is 0 Å². The van der Waals surface area contributed by atoms with Gasteiger partial charge in [0.05, 0.1) is 5.60 Å². The van der Waals surface area contributed by atoms with Gasteiger partial charge < -0.3 is 14.9 Å². The van der Waals surface area contributed by atoms with Crippen molar-refractivity contribution >= 4 is 11.8 Å². The molecule has 5 nitrogen and oxygen atoms in total. The molecule has 1 aliphatic heterocycles. The number of amides is 2. The van der Waals surface area contributed by atoms with Gasteiger partial charge in [-0.2, -0.15) is 0 Å². The predicted molar refractivity (Wildman–Crippen MR) is 93.7 cm³/mol. The van der Waals surface area contributed by atoms with Gasteiger partial charge in [0, 0.05) is 25.2 Å². The van der Waals surface area contributed by atoms with E-state index in [0.717, 1.165) is 6.42 Å². The fourth-order valence-corrected chi connectivity index (χ4v) is 3.38. The van der Waals surface area contributed by atoms with Crippen molar-refractivity contribution in [2.75, 3.05) is 19.6 Å². The average Bonchev–Trinajstić information content (AvgIpc) is 2.94. The highest BCUT2D eigenvalue weighted by Crippen LogP contribution is 2.32. The first-order chi connectivity index (χ1) is 11.2. The maximum absolute atomic E-state index is 13.1. The van der Waals surface area contributed by atoms with E-state index in [1.807, 2.05) is 32.0 Å². The van der Waals surface area contributed by atoms with E-state index >= 15 is 0 Å². The molecule has 1 aromatic rings. The van der Waals surface area contributed by atoms with E-state index in [4.69, 9.17) is 0 Å². The Hall–Kier alpha value is -1.88. The summed E-state index contributed by atoms with van der Waals surface area (Å²) in [6.07, 6.45) is 1.45. The van der Waals surface area contributed by atoms with Gasteiger partial charge in [0.25, 0.3) is 5.91 Å². The molecule has 1 saturated heterocycles. The number of hydrogen-bond acceptors (Lipinski definition) is 3. The molecule has 0 spiro atoms. The zero-order valence-corrected chi connectivity index (χ0v) is 15.1. The minimum absolute atomic E-state index is 0.0890. The third kappa shape index (κ3) is 3.78. The molecular formula is C19H28N2O3. The highest BCUT2D eigenvalue weighted by Gasteiger charge is 2.47. The lowest BCUT2D eigenvalue weighted by atomic mass is 9.95. The summed E-state index contributed by atoms with van der Waals surface area (Å²) in [7, 11) is 0. The number of rotatable bonds is 5. The summed E-state index contributed by atoms with van der Waals surface area (Å²) in [5.41, 5.74) is -1.22. The van der Waals surface area contributed by atoms with Crippen LogP contribution >= 0.6 is 0 Å². The number of likely N-dealkylation sites (N-methyl/N-ethyl adjacent to an activating group) is 1. The zero-order valence-electron chi connectivity index (χ0n) is 15.1. The number of hydrogen-bond donors (Lipinski definition) is 1. The van der Waals surface area contributed by atoms with Crippen molar-refractivity contribution in [1.29, 1.82) is 0 Å². The van der Waals surface area contributed by atoms with Gasteiger partial charge in [0.2, 0.25) is 5.91 Å². The van der Waals surface area contributed by atoms with Gasteiger partial charge >= 0.3 is 0 Å². The summed E-state index contributed by atoms with van der Waals surface area (Å²) in [4.78, 5) is 29.4. The third-order valence-electron chi connectivity index (χ3n) is 4.61. The van der Waals surface area contributed by atoms with Crippen LogP contribution in [0.3, 0.4) is 0 Å². The van der Waals surface area contributed by atoms with Crippen LogP contribution in [0.5, 0.6) is 0 Å². The predicted octanol–water partition coefficient (Wildman–Crippen LogP) is 2.30. The minimum atomic E-state index is -0.963. The molecule has 0 radical (unpaired) electrons. The second-order valence-electron chi connectivity index (χ2n) is 7.33. The molecule has 24 heavy (non-hydrogen) atoms. The standard InChI is InChI=1S/C19H28N2O3/c1-5-20(14-18(2,3)24)17(23)19(4)12-9-13-21(19)16(22)15-10-7-6-8-11-15/h6-8,10-11,24H,5,9,12-14H2,1-4H3. The van der Waals surface area contributed by atoms with Gasteiger partial charge in [-0.3, -0.25) is 9.59 Å². The van der Waals surface area contributed by atoms with Gasteiger partial charge in [-0.05, 0) is 52.7 Å². The second-order valence-corrected chi connectivity index (χ2v) is 7.33. The van der Waals surface area contributed by atoms with Gasteiger partial charge in [-0.1, -0.05) is 18.2 Å². The van der Waals surface area contributed by atoms with Crippen LogP contribution in [0.1, 0.15) is 50.9 Å². The maximum atomic E-state index is 13.1. The lowest BCUT2D eigenvalue weighted by Crippen LogP contribution is -2.58. The number of likely N-dealkylation sites (tertiary alicyclic amines) is 1. The van der Waals surface area contributed by atoms with Gasteiger partial charge in [0.1, 0.15) is 5.54 Å². The molecule has 0 saturated carbocycles. The molecule has 0 aromatic heterocycles. The zero-order chi connectivity index (χ0) is 18.0. The quantitative estimate of drug-likeness (QED) is 0.900. The smallest absolute Gasteiger partial charge is 0.254 e. The first kappa shape index (κ1) is 18.5. The monoisotopic (exact) mass is 332 g/mol. The molecule has 5 heteroatoms. The Bertz CT molecular complexity index is 594.